The van der Waals surface area contributed by atoms with E-state index in [1.54, 1.807) is 48.5 Å². The van der Waals surface area contributed by atoms with Gasteiger partial charge in [-0.25, -0.2) is 0 Å². The van der Waals surface area contributed by atoms with Gasteiger partial charge in [0.2, 0.25) is 23.8 Å². The van der Waals surface area contributed by atoms with Crippen molar-refractivity contribution in [1.82, 2.24) is 10.6 Å². The van der Waals surface area contributed by atoms with Crippen molar-refractivity contribution in [2.75, 3.05) is 23.7 Å². The first-order chi connectivity index (χ1) is 20.9. The van der Waals surface area contributed by atoms with Crippen LogP contribution in [-0.2, 0) is 9.59 Å². The molecule has 2 aromatic rings. The quantitative estimate of drug-likeness (QED) is 0.0895. The lowest BCUT2D eigenvalue weighted by atomic mass is 10.2. The number of guanidine groups is 4. The summed E-state index contributed by atoms with van der Waals surface area (Å²) in [5.41, 5.74) is 13.3. The average Bonchev–Trinajstić information content (AvgIpc) is 2.96. The van der Waals surface area contributed by atoms with Gasteiger partial charge in [0, 0.05) is 34.5 Å². The lowest BCUT2D eigenvalue weighted by Gasteiger charge is -2.12. The average molecular weight is 650 g/mol. The van der Waals surface area contributed by atoms with Crippen molar-refractivity contribution in [2.24, 2.45) is 31.4 Å². The molecular weight excluding hydrogens is 611 g/mol. The van der Waals surface area contributed by atoms with Gasteiger partial charge < -0.3 is 42.9 Å². The molecule has 2 atom stereocenters. The van der Waals surface area contributed by atoms with Crippen LogP contribution < -0.4 is 32.7 Å². The van der Waals surface area contributed by atoms with E-state index in [0.717, 1.165) is 12.8 Å². The summed E-state index contributed by atoms with van der Waals surface area (Å²) in [6.45, 7) is 3.72. The van der Waals surface area contributed by atoms with Gasteiger partial charge in [0.15, 0.2) is 0 Å². The Morgan fingerprint density at radius 3 is 1.34 bits per heavy atom. The largest absolute Gasteiger partial charge is 0.480 e. The van der Waals surface area contributed by atoms with Crippen LogP contribution in [0.15, 0.2) is 68.5 Å². The normalized spacial score (nSPS) is 14.0. The Morgan fingerprint density at radius 1 is 0.682 bits per heavy atom. The van der Waals surface area contributed by atoms with Crippen LogP contribution in [-0.4, -0.2) is 71.2 Å². The second-order valence-electron chi connectivity index (χ2n) is 9.49. The number of halogens is 2. The van der Waals surface area contributed by atoms with Crippen molar-refractivity contribution >= 4 is 70.4 Å². The van der Waals surface area contributed by atoms with Gasteiger partial charge in [-0.1, -0.05) is 36.0 Å². The van der Waals surface area contributed by atoms with Crippen molar-refractivity contribution in [1.29, 1.82) is 0 Å². The zero-order chi connectivity index (χ0) is 32.5. The Morgan fingerprint density at radius 2 is 1.02 bits per heavy atom. The first kappa shape index (κ1) is 35.6. The summed E-state index contributed by atoms with van der Waals surface area (Å²) in [4.78, 5) is 39.8. The fraction of sp³-hybridized carbons (Fsp3) is 0.357. The first-order valence-electron chi connectivity index (χ1n) is 13.7. The molecule has 2 rings (SSSR count). The van der Waals surface area contributed by atoms with Crippen molar-refractivity contribution in [2.45, 2.75) is 51.6 Å². The Hall–Kier alpha value is -4.56. The van der Waals surface area contributed by atoms with Crippen LogP contribution in [0.1, 0.15) is 39.5 Å². The molecule has 0 fully saturated rings. The topological polar surface area (TPSA) is 224 Å². The number of hydrogen-bond acceptors (Lipinski definition) is 4. The minimum absolute atomic E-state index is 0.0299. The van der Waals surface area contributed by atoms with E-state index in [9.17, 15) is 19.8 Å². The molecule has 0 saturated carbocycles. The highest BCUT2D eigenvalue weighted by molar-refractivity contribution is 6.31. The Kier molecular flexibility index (Phi) is 15.3. The number of nitrogens with two attached hydrogens (primary N) is 2. The van der Waals surface area contributed by atoms with Crippen LogP contribution in [0.25, 0.3) is 0 Å². The molecular formula is C28H38Cl2N10O4. The van der Waals surface area contributed by atoms with Gasteiger partial charge in [0.1, 0.15) is 12.1 Å². The molecule has 0 radical (unpaired) electrons. The van der Waals surface area contributed by atoms with Crippen LogP contribution in [0.4, 0.5) is 11.4 Å². The van der Waals surface area contributed by atoms with Gasteiger partial charge in [-0.2, -0.15) is 9.98 Å². The number of rotatable bonds is 13. The number of aliphatic carboxylic acids is 2. The predicted octanol–water partition coefficient (Wildman–Crippen LogP) is 3.54. The summed E-state index contributed by atoms with van der Waals surface area (Å²) in [5.74, 6) is -1.87. The van der Waals surface area contributed by atoms with Crippen molar-refractivity contribution in [3.05, 3.63) is 58.6 Å². The monoisotopic (exact) mass is 648 g/mol. The number of carboxylic acid groups (broad SMARTS) is 2. The number of hydrogen-bond donors (Lipinski definition) is 8. The van der Waals surface area contributed by atoms with Gasteiger partial charge in [-0.3, -0.25) is 19.6 Å². The molecule has 44 heavy (non-hydrogen) atoms. The number of unbranched alkanes of at least 4 members (excludes halogenated alkanes) is 3. The molecule has 238 valence electrons. The van der Waals surface area contributed by atoms with E-state index in [2.05, 4.69) is 41.2 Å². The standard InChI is InChI=1S/C28H38Cl2N10O4/c1-17(23(41)42)35-27(39-25(31)37-21-11-7-19(29)8-12-21)33-15-5-3-4-6-16-34-28(36-18(2)24(43)44)40-26(32)38-22-13-9-20(30)10-14-22/h7-14,17-18H,3-6,15-16H2,1-2H3,(H,41,42)(H,43,44)(H4,31,33,35,37,39)(H4,32,34,36,38,40). The van der Waals surface area contributed by atoms with Crippen molar-refractivity contribution in [3.63, 3.8) is 0 Å². The molecule has 0 heterocycles. The molecule has 2 unspecified atom stereocenters. The SMILES string of the molecule is CC(NC(=NCCCCCCN=C(/N=C(\N)Nc1ccc(Cl)cc1)NC(C)C(=O)O)/N=C(\N)Nc1ccc(Cl)cc1)C(=O)O. The van der Waals surface area contributed by atoms with E-state index in [-0.39, 0.29) is 23.8 Å². The van der Waals surface area contributed by atoms with Gasteiger partial charge in [0.05, 0.1) is 0 Å². The molecule has 0 saturated heterocycles. The molecule has 0 amide bonds. The third kappa shape index (κ3) is 14.6. The minimum atomic E-state index is -1.06. The fourth-order valence-electron chi connectivity index (χ4n) is 3.33. The predicted molar refractivity (Wildman–Crippen MR) is 177 cm³/mol. The number of carbonyl (C=O) groups is 2. The van der Waals surface area contributed by atoms with E-state index < -0.39 is 24.0 Å². The fourth-order valence-corrected chi connectivity index (χ4v) is 3.58. The molecule has 0 aliphatic rings. The van der Waals surface area contributed by atoms with Crippen LogP contribution in [0.5, 0.6) is 0 Å². The van der Waals surface area contributed by atoms with Crippen LogP contribution in [0.3, 0.4) is 0 Å². The molecule has 0 aliphatic heterocycles. The van der Waals surface area contributed by atoms with Crippen molar-refractivity contribution in [3.8, 4) is 0 Å². The van der Waals surface area contributed by atoms with E-state index in [0.29, 0.717) is 47.4 Å². The second-order valence-corrected chi connectivity index (χ2v) is 10.4. The summed E-state index contributed by atoms with van der Waals surface area (Å²) in [5, 5.41) is 31.0. The Labute approximate surface area is 265 Å². The molecule has 10 N–H and O–H groups in total. The van der Waals surface area contributed by atoms with E-state index in [1.165, 1.54) is 13.8 Å². The lowest BCUT2D eigenvalue weighted by Crippen LogP contribution is -2.39. The number of aliphatic imine (C=N–C) groups is 4. The highest BCUT2D eigenvalue weighted by Gasteiger charge is 2.14. The van der Waals surface area contributed by atoms with E-state index in [4.69, 9.17) is 34.7 Å². The highest BCUT2D eigenvalue weighted by atomic mass is 35.5. The van der Waals surface area contributed by atoms with E-state index >= 15 is 0 Å². The second kappa shape index (κ2) is 18.9. The number of benzene rings is 2. The summed E-state index contributed by atoms with van der Waals surface area (Å²) >= 11 is 11.8. The smallest absolute Gasteiger partial charge is 0.325 e. The third-order valence-electron chi connectivity index (χ3n) is 5.71. The zero-order valence-electron chi connectivity index (χ0n) is 24.4. The van der Waals surface area contributed by atoms with Gasteiger partial charge >= 0.3 is 11.9 Å². The summed E-state index contributed by atoms with van der Waals surface area (Å²) in [6, 6.07) is 11.8. The molecule has 0 bridgehead atoms. The minimum Gasteiger partial charge on any atom is -0.480 e. The lowest BCUT2D eigenvalue weighted by molar-refractivity contribution is -0.139. The zero-order valence-corrected chi connectivity index (χ0v) is 25.9. The van der Waals surface area contributed by atoms with Crippen LogP contribution in [0.2, 0.25) is 10.0 Å². The van der Waals surface area contributed by atoms with Gasteiger partial charge in [-0.15, -0.1) is 0 Å². The maximum atomic E-state index is 11.3. The molecule has 0 aromatic heterocycles. The number of nitrogens with one attached hydrogen (secondary N) is 4. The summed E-state index contributed by atoms with van der Waals surface area (Å²) in [6.07, 6.45) is 3.02. The maximum Gasteiger partial charge on any atom is 0.325 e. The Bertz CT molecular complexity index is 1250. The van der Waals surface area contributed by atoms with Crippen molar-refractivity contribution < 1.29 is 19.8 Å². The maximum absolute atomic E-state index is 11.3. The molecule has 0 aliphatic carbocycles. The highest BCUT2D eigenvalue weighted by Crippen LogP contribution is 2.14. The summed E-state index contributed by atoms with van der Waals surface area (Å²) < 4.78 is 0. The third-order valence-corrected chi connectivity index (χ3v) is 6.21. The molecule has 16 heteroatoms. The van der Waals surface area contributed by atoms with Gasteiger partial charge in [-0.05, 0) is 75.2 Å². The summed E-state index contributed by atoms with van der Waals surface area (Å²) in [7, 11) is 0. The van der Waals surface area contributed by atoms with Crippen LogP contribution >= 0.6 is 23.2 Å². The first-order valence-corrected chi connectivity index (χ1v) is 14.5. The van der Waals surface area contributed by atoms with E-state index in [1.807, 2.05) is 0 Å². The number of anilines is 2. The Balaban J connectivity index is 1.92. The molecule has 14 nitrogen and oxygen atoms in total. The van der Waals surface area contributed by atoms with Gasteiger partial charge in [0.25, 0.3) is 0 Å². The van der Waals surface area contributed by atoms with Crippen LogP contribution in [0, 0.1) is 0 Å². The molecule has 0 spiro atoms. The number of carboxylic acids is 2. The molecule has 2 aromatic carbocycles. The number of nitrogens with zero attached hydrogens (tertiary/aromatic N) is 4.